The van der Waals surface area contributed by atoms with E-state index in [2.05, 4.69) is 18.7 Å². The highest BCUT2D eigenvalue weighted by Gasteiger charge is 2.33. The van der Waals surface area contributed by atoms with Gasteiger partial charge in [0.15, 0.2) is 0 Å². The molecule has 0 aromatic heterocycles. The van der Waals surface area contributed by atoms with Gasteiger partial charge in [-0.2, -0.15) is 0 Å². The minimum atomic E-state index is -0.390. The van der Waals surface area contributed by atoms with Gasteiger partial charge in [-0.3, -0.25) is 9.69 Å². The van der Waals surface area contributed by atoms with Gasteiger partial charge in [0, 0.05) is 0 Å². The number of carbonyl (C=O) groups is 1. The molecule has 3 nitrogen and oxygen atoms in total. The van der Waals surface area contributed by atoms with E-state index in [9.17, 15) is 4.79 Å². The van der Waals surface area contributed by atoms with Crippen LogP contribution in [0.5, 0.6) is 0 Å². The summed E-state index contributed by atoms with van der Waals surface area (Å²) in [6, 6.07) is -0.120. The van der Waals surface area contributed by atoms with Crippen molar-refractivity contribution in [2.75, 3.05) is 13.1 Å². The number of piperidine rings is 1. The normalized spacial score (nSPS) is 22.6. The quantitative estimate of drug-likeness (QED) is 0.725. The van der Waals surface area contributed by atoms with Crippen molar-refractivity contribution in [1.29, 1.82) is 0 Å². The molecule has 0 saturated carbocycles. The number of carbonyl (C=O) groups excluding carboxylic acids is 1. The van der Waals surface area contributed by atoms with Crippen molar-refractivity contribution in [1.82, 2.24) is 4.90 Å². The molecule has 0 N–H and O–H groups in total. The third-order valence-corrected chi connectivity index (χ3v) is 4.15. The first-order chi connectivity index (χ1) is 8.17. The van der Waals surface area contributed by atoms with Crippen LogP contribution in [-0.4, -0.2) is 35.6 Å². The Bertz CT molecular complexity index is 285. The van der Waals surface area contributed by atoms with Gasteiger partial charge < -0.3 is 4.74 Å². The molecule has 1 rings (SSSR count). The lowest BCUT2D eigenvalue weighted by Crippen LogP contribution is -2.48. The Kier molecular flexibility index (Phi) is 4.82. The Morgan fingerprint density at radius 3 is 2.22 bits per heavy atom. The highest BCUT2D eigenvalue weighted by molar-refractivity contribution is 5.75. The highest BCUT2D eigenvalue weighted by Crippen LogP contribution is 2.34. The molecule has 1 aliphatic heterocycles. The first kappa shape index (κ1) is 15.5. The van der Waals surface area contributed by atoms with Crippen molar-refractivity contribution in [3.63, 3.8) is 0 Å². The van der Waals surface area contributed by atoms with E-state index >= 15 is 0 Å². The molecule has 0 aliphatic carbocycles. The van der Waals surface area contributed by atoms with Gasteiger partial charge in [-0.1, -0.05) is 20.3 Å². The molecular weight excluding hydrogens is 226 g/mol. The number of ether oxygens (including phenoxy) is 1. The Labute approximate surface area is 112 Å². The highest BCUT2D eigenvalue weighted by atomic mass is 16.6. The van der Waals surface area contributed by atoms with Crippen molar-refractivity contribution in [2.24, 2.45) is 5.41 Å². The van der Waals surface area contributed by atoms with Gasteiger partial charge in [0.1, 0.15) is 11.6 Å². The summed E-state index contributed by atoms with van der Waals surface area (Å²) in [5.41, 5.74) is 0.0726. The lowest BCUT2D eigenvalue weighted by atomic mass is 9.78. The van der Waals surface area contributed by atoms with Crippen LogP contribution >= 0.6 is 0 Å². The largest absolute Gasteiger partial charge is 0.459 e. The van der Waals surface area contributed by atoms with Gasteiger partial charge in [0.25, 0.3) is 0 Å². The molecular formula is C15H29NO2. The maximum absolute atomic E-state index is 12.0. The number of rotatable bonds is 3. The minimum Gasteiger partial charge on any atom is -0.459 e. The lowest BCUT2D eigenvalue weighted by Gasteiger charge is -2.41. The molecule has 1 aliphatic rings. The molecule has 0 radical (unpaired) electrons. The molecule has 0 aromatic rings. The van der Waals surface area contributed by atoms with Crippen molar-refractivity contribution < 1.29 is 9.53 Å². The van der Waals surface area contributed by atoms with E-state index in [1.807, 2.05) is 27.7 Å². The average molecular weight is 255 g/mol. The molecule has 1 saturated heterocycles. The number of hydrogen-bond acceptors (Lipinski definition) is 3. The molecule has 18 heavy (non-hydrogen) atoms. The summed E-state index contributed by atoms with van der Waals surface area (Å²) in [6.07, 6.45) is 3.58. The lowest BCUT2D eigenvalue weighted by molar-refractivity contribution is -0.161. The molecule has 1 unspecified atom stereocenters. The monoisotopic (exact) mass is 255 g/mol. The summed E-state index contributed by atoms with van der Waals surface area (Å²) in [4.78, 5) is 14.3. The molecule has 1 fully saturated rings. The van der Waals surface area contributed by atoms with Crippen LogP contribution in [0.25, 0.3) is 0 Å². The fourth-order valence-corrected chi connectivity index (χ4v) is 2.34. The van der Waals surface area contributed by atoms with Crippen molar-refractivity contribution in [3.8, 4) is 0 Å². The number of nitrogens with zero attached hydrogens (tertiary/aromatic N) is 1. The second-order valence-corrected chi connectivity index (χ2v) is 6.91. The van der Waals surface area contributed by atoms with Crippen LogP contribution in [0.2, 0.25) is 0 Å². The fraction of sp³-hybridized carbons (Fsp3) is 0.933. The molecule has 1 atom stereocenters. The number of esters is 1. The summed E-state index contributed by atoms with van der Waals surface area (Å²) in [5.74, 6) is -0.0948. The van der Waals surface area contributed by atoms with Gasteiger partial charge in [0.05, 0.1) is 0 Å². The summed E-state index contributed by atoms with van der Waals surface area (Å²) < 4.78 is 5.45. The van der Waals surface area contributed by atoms with Gasteiger partial charge in [0.2, 0.25) is 0 Å². The summed E-state index contributed by atoms with van der Waals surface area (Å²) >= 11 is 0. The topological polar surface area (TPSA) is 29.5 Å². The number of hydrogen-bond donors (Lipinski definition) is 0. The van der Waals surface area contributed by atoms with Gasteiger partial charge in [-0.15, -0.1) is 0 Å². The zero-order chi connectivity index (χ0) is 14.0. The van der Waals surface area contributed by atoms with E-state index in [0.717, 1.165) is 13.1 Å². The molecule has 0 amide bonds. The van der Waals surface area contributed by atoms with Crippen LogP contribution in [0.4, 0.5) is 0 Å². The molecule has 0 spiro atoms. The van der Waals surface area contributed by atoms with E-state index in [4.69, 9.17) is 4.74 Å². The molecule has 0 aromatic carbocycles. The summed E-state index contributed by atoms with van der Waals surface area (Å²) in [5, 5.41) is 0. The van der Waals surface area contributed by atoms with Gasteiger partial charge in [-0.25, -0.2) is 0 Å². The summed E-state index contributed by atoms with van der Waals surface area (Å²) in [7, 11) is 0. The zero-order valence-electron chi connectivity index (χ0n) is 12.9. The fourth-order valence-electron chi connectivity index (χ4n) is 2.34. The van der Waals surface area contributed by atoms with Crippen LogP contribution in [0, 0.1) is 5.41 Å². The maximum Gasteiger partial charge on any atom is 0.323 e. The predicted molar refractivity (Wildman–Crippen MR) is 74.5 cm³/mol. The standard InChI is InChI=1S/C15H29NO2/c1-7-15(6)8-10-16(11-9-15)12(2)13(17)18-14(3,4)5/h12H,7-11H2,1-6H3. The van der Waals surface area contributed by atoms with E-state index in [1.54, 1.807) is 0 Å². The maximum atomic E-state index is 12.0. The molecule has 3 heteroatoms. The molecule has 106 valence electrons. The third kappa shape index (κ3) is 4.27. The Hall–Kier alpha value is -0.570. The first-order valence-electron chi connectivity index (χ1n) is 7.14. The van der Waals surface area contributed by atoms with Crippen LogP contribution in [0.1, 0.15) is 60.8 Å². The van der Waals surface area contributed by atoms with Crippen LogP contribution < -0.4 is 0 Å². The SMILES string of the molecule is CCC1(C)CCN(C(C)C(=O)OC(C)(C)C)CC1. The number of likely N-dealkylation sites (tertiary alicyclic amines) is 1. The van der Waals surface area contributed by atoms with E-state index in [1.165, 1.54) is 19.3 Å². The van der Waals surface area contributed by atoms with Gasteiger partial charge >= 0.3 is 5.97 Å². The second-order valence-electron chi connectivity index (χ2n) is 6.91. The van der Waals surface area contributed by atoms with Crippen LogP contribution in [0.15, 0.2) is 0 Å². The van der Waals surface area contributed by atoms with E-state index in [0.29, 0.717) is 5.41 Å². The van der Waals surface area contributed by atoms with Crippen molar-refractivity contribution >= 4 is 5.97 Å². The Morgan fingerprint density at radius 2 is 1.83 bits per heavy atom. The molecule has 0 bridgehead atoms. The Morgan fingerprint density at radius 1 is 1.33 bits per heavy atom. The van der Waals surface area contributed by atoms with Crippen molar-refractivity contribution in [3.05, 3.63) is 0 Å². The molecule has 1 heterocycles. The van der Waals surface area contributed by atoms with E-state index in [-0.39, 0.29) is 17.6 Å². The van der Waals surface area contributed by atoms with Gasteiger partial charge in [-0.05, 0) is 59.0 Å². The predicted octanol–water partition coefficient (Wildman–Crippen LogP) is 3.23. The van der Waals surface area contributed by atoms with Crippen LogP contribution in [-0.2, 0) is 9.53 Å². The smallest absolute Gasteiger partial charge is 0.323 e. The Balaban J connectivity index is 2.50. The zero-order valence-corrected chi connectivity index (χ0v) is 12.9. The van der Waals surface area contributed by atoms with E-state index < -0.39 is 0 Å². The average Bonchev–Trinajstić information content (AvgIpc) is 2.27. The second kappa shape index (κ2) is 5.60. The van der Waals surface area contributed by atoms with Crippen LogP contribution in [0.3, 0.4) is 0 Å². The third-order valence-electron chi connectivity index (χ3n) is 4.15. The van der Waals surface area contributed by atoms with Crippen molar-refractivity contribution in [2.45, 2.75) is 72.4 Å². The summed E-state index contributed by atoms with van der Waals surface area (Å²) in [6.45, 7) is 14.3. The minimum absolute atomic E-state index is 0.0948. The first-order valence-corrected chi connectivity index (χ1v) is 7.14.